The second-order valence-corrected chi connectivity index (χ2v) is 9.53. The molecule has 1 N–H and O–H groups in total. The quantitative estimate of drug-likeness (QED) is 0.686. The van der Waals surface area contributed by atoms with Gasteiger partial charge in [0.25, 0.3) is 0 Å². The third-order valence-electron chi connectivity index (χ3n) is 7.02. The van der Waals surface area contributed by atoms with Crippen LogP contribution in [-0.4, -0.2) is 43.4 Å². The summed E-state index contributed by atoms with van der Waals surface area (Å²) in [6, 6.07) is 13.3. The molecule has 0 bridgehead atoms. The molecule has 1 fully saturated rings. The molecule has 1 aliphatic heterocycles. The van der Waals surface area contributed by atoms with Crippen molar-refractivity contribution in [2.75, 3.05) is 31.6 Å². The third-order valence-corrected chi connectivity index (χ3v) is 7.02. The summed E-state index contributed by atoms with van der Waals surface area (Å²) in [6.07, 6.45) is 6.15. The number of para-hydroxylation sites is 1. The monoisotopic (exact) mass is 467 g/mol. The molecule has 0 saturated carbocycles. The van der Waals surface area contributed by atoms with Gasteiger partial charge in [0.1, 0.15) is 12.4 Å². The Morgan fingerprint density at radius 3 is 2.47 bits per heavy atom. The average molecular weight is 468 g/mol. The van der Waals surface area contributed by atoms with E-state index in [0.29, 0.717) is 6.04 Å². The normalized spacial score (nSPS) is 18.3. The number of likely N-dealkylation sites (tertiary alicyclic amines) is 1. The lowest BCUT2D eigenvalue weighted by Gasteiger charge is -2.39. The highest BCUT2D eigenvalue weighted by Gasteiger charge is 2.28. The third kappa shape index (κ3) is 6.66. The van der Waals surface area contributed by atoms with Gasteiger partial charge in [-0.3, -0.25) is 14.5 Å². The van der Waals surface area contributed by atoms with Crippen molar-refractivity contribution in [3.63, 3.8) is 0 Å². The fraction of sp³-hybridized carbons (Fsp3) is 0.500. The van der Waals surface area contributed by atoms with Crippen LogP contribution in [0.2, 0.25) is 0 Å². The fourth-order valence-corrected chi connectivity index (χ4v) is 4.92. The Kier molecular flexibility index (Phi) is 9.22. The van der Waals surface area contributed by atoms with E-state index in [1.807, 2.05) is 37.3 Å². The zero-order chi connectivity index (χ0) is 24.7. The van der Waals surface area contributed by atoms with E-state index in [1.165, 1.54) is 61.7 Å². The molecule has 0 spiro atoms. The van der Waals surface area contributed by atoms with Gasteiger partial charge in [0.15, 0.2) is 0 Å². The Bertz CT molecular complexity index is 985. The Labute approximate surface area is 203 Å². The van der Waals surface area contributed by atoms with Crippen molar-refractivity contribution in [2.24, 2.45) is 5.92 Å². The number of likely N-dealkylation sites (N-methyl/N-ethyl adjacent to an activating group) is 1. The van der Waals surface area contributed by atoms with Gasteiger partial charge < -0.3 is 10.2 Å². The van der Waals surface area contributed by atoms with Crippen LogP contribution in [0.15, 0.2) is 42.5 Å². The molecular weight excluding hydrogens is 429 g/mol. The SMILES string of the molecule is CC1CCN(C2CCCc3ccc(F)cc32)CC1.CNC(=O)CN(C(C)=O)c1ccccc1C. The number of halogens is 1. The minimum absolute atomic E-state index is 0.0523. The molecule has 184 valence electrons. The number of hydrogen-bond acceptors (Lipinski definition) is 3. The van der Waals surface area contributed by atoms with Gasteiger partial charge in [0, 0.05) is 25.7 Å². The van der Waals surface area contributed by atoms with E-state index in [4.69, 9.17) is 0 Å². The van der Waals surface area contributed by atoms with E-state index in [-0.39, 0.29) is 24.2 Å². The van der Waals surface area contributed by atoms with Gasteiger partial charge in [-0.05, 0) is 92.9 Å². The highest BCUT2D eigenvalue weighted by molar-refractivity contribution is 5.97. The molecule has 2 amide bonds. The Balaban J connectivity index is 0.000000192. The topological polar surface area (TPSA) is 52.7 Å². The van der Waals surface area contributed by atoms with E-state index >= 15 is 0 Å². The van der Waals surface area contributed by atoms with E-state index in [1.54, 1.807) is 19.2 Å². The fourth-order valence-electron chi connectivity index (χ4n) is 4.92. The van der Waals surface area contributed by atoms with Crippen LogP contribution >= 0.6 is 0 Å². The van der Waals surface area contributed by atoms with Crippen LogP contribution in [0.5, 0.6) is 0 Å². The van der Waals surface area contributed by atoms with Crippen molar-refractivity contribution >= 4 is 17.5 Å². The Hall–Kier alpha value is -2.73. The van der Waals surface area contributed by atoms with Crippen LogP contribution in [0, 0.1) is 18.7 Å². The molecule has 2 aliphatic rings. The van der Waals surface area contributed by atoms with E-state index < -0.39 is 0 Å². The number of nitrogens with one attached hydrogen (secondary N) is 1. The first kappa shape index (κ1) is 25.9. The molecule has 0 radical (unpaired) electrons. The molecule has 0 aromatic heterocycles. The lowest BCUT2D eigenvalue weighted by molar-refractivity contribution is -0.122. The number of fused-ring (bicyclic) bond motifs is 1. The molecule has 1 atom stereocenters. The minimum Gasteiger partial charge on any atom is -0.358 e. The molecule has 1 saturated heterocycles. The summed E-state index contributed by atoms with van der Waals surface area (Å²) in [5.41, 5.74) is 4.38. The molecule has 1 aliphatic carbocycles. The van der Waals surface area contributed by atoms with Gasteiger partial charge in [0.2, 0.25) is 11.8 Å². The van der Waals surface area contributed by atoms with Gasteiger partial charge in [-0.25, -0.2) is 4.39 Å². The maximum Gasteiger partial charge on any atom is 0.239 e. The van der Waals surface area contributed by atoms with Gasteiger partial charge >= 0.3 is 0 Å². The molecule has 6 heteroatoms. The van der Waals surface area contributed by atoms with Crippen molar-refractivity contribution in [3.05, 3.63) is 65.0 Å². The first-order chi connectivity index (χ1) is 16.3. The summed E-state index contributed by atoms with van der Waals surface area (Å²) < 4.78 is 13.5. The van der Waals surface area contributed by atoms with Crippen LogP contribution < -0.4 is 10.2 Å². The lowest BCUT2D eigenvalue weighted by Crippen LogP contribution is -2.38. The van der Waals surface area contributed by atoms with Crippen LogP contribution in [0.4, 0.5) is 10.1 Å². The van der Waals surface area contributed by atoms with Crippen LogP contribution in [-0.2, 0) is 16.0 Å². The summed E-state index contributed by atoms with van der Waals surface area (Å²) in [4.78, 5) is 26.8. The van der Waals surface area contributed by atoms with Crippen molar-refractivity contribution in [1.82, 2.24) is 10.2 Å². The first-order valence-corrected chi connectivity index (χ1v) is 12.4. The molecule has 4 rings (SSSR count). The van der Waals surface area contributed by atoms with E-state index in [2.05, 4.69) is 17.1 Å². The summed E-state index contributed by atoms with van der Waals surface area (Å²) in [6.45, 7) is 8.12. The Morgan fingerprint density at radius 1 is 1.12 bits per heavy atom. The molecule has 1 heterocycles. The van der Waals surface area contributed by atoms with Crippen molar-refractivity contribution < 1.29 is 14.0 Å². The number of nitrogens with zero attached hydrogens (tertiary/aromatic N) is 2. The first-order valence-electron chi connectivity index (χ1n) is 12.4. The average Bonchev–Trinajstić information content (AvgIpc) is 2.83. The maximum atomic E-state index is 13.5. The smallest absolute Gasteiger partial charge is 0.239 e. The molecule has 2 aromatic rings. The van der Waals surface area contributed by atoms with E-state index in [9.17, 15) is 14.0 Å². The lowest BCUT2D eigenvalue weighted by atomic mass is 9.85. The second kappa shape index (κ2) is 12.1. The summed E-state index contributed by atoms with van der Waals surface area (Å²) >= 11 is 0. The highest BCUT2D eigenvalue weighted by atomic mass is 19.1. The zero-order valence-electron chi connectivity index (χ0n) is 20.9. The number of carbonyl (C=O) groups is 2. The molecule has 34 heavy (non-hydrogen) atoms. The van der Waals surface area contributed by atoms with E-state index in [0.717, 1.165) is 23.6 Å². The minimum atomic E-state index is -0.182. The van der Waals surface area contributed by atoms with Gasteiger partial charge in [-0.15, -0.1) is 0 Å². The summed E-state index contributed by atoms with van der Waals surface area (Å²) in [7, 11) is 1.55. The number of carbonyl (C=O) groups excluding carboxylic acids is 2. The van der Waals surface area contributed by atoms with Crippen molar-refractivity contribution in [3.8, 4) is 0 Å². The highest BCUT2D eigenvalue weighted by Crippen LogP contribution is 2.36. The van der Waals surface area contributed by atoms with Crippen molar-refractivity contribution in [1.29, 1.82) is 0 Å². The number of rotatable bonds is 4. The van der Waals surface area contributed by atoms with Gasteiger partial charge in [-0.2, -0.15) is 0 Å². The Morgan fingerprint density at radius 2 is 1.82 bits per heavy atom. The number of anilines is 1. The van der Waals surface area contributed by atoms with Crippen LogP contribution in [0.25, 0.3) is 0 Å². The largest absolute Gasteiger partial charge is 0.358 e. The predicted octanol–water partition coefficient (Wildman–Crippen LogP) is 5.03. The molecule has 1 unspecified atom stereocenters. The maximum absolute atomic E-state index is 13.5. The standard InChI is InChI=1S/C16H22FN.C12H16N2O2/c1-12-7-9-18(10-8-12)16-4-2-3-13-5-6-14(17)11-15(13)16;1-9-6-4-5-7-11(9)14(10(2)15)8-12(16)13-3/h5-6,11-12,16H,2-4,7-10H2,1H3;4-7H,8H2,1-3H3,(H,13,16). The number of hydrogen-bond donors (Lipinski definition) is 1. The number of aryl methyl sites for hydroxylation is 2. The number of piperidine rings is 1. The predicted molar refractivity (Wildman–Crippen MR) is 135 cm³/mol. The van der Waals surface area contributed by atoms with Crippen LogP contribution in [0.1, 0.15) is 62.3 Å². The summed E-state index contributed by atoms with van der Waals surface area (Å²) in [5.74, 6) is 0.458. The number of benzene rings is 2. The zero-order valence-corrected chi connectivity index (χ0v) is 20.9. The van der Waals surface area contributed by atoms with Crippen LogP contribution in [0.3, 0.4) is 0 Å². The summed E-state index contributed by atoms with van der Waals surface area (Å²) in [5, 5.41) is 2.51. The molecule has 2 aromatic carbocycles. The molecule has 5 nitrogen and oxygen atoms in total. The van der Waals surface area contributed by atoms with Gasteiger partial charge in [-0.1, -0.05) is 31.2 Å². The second-order valence-electron chi connectivity index (χ2n) is 9.53. The number of amides is 2. The molecular formula is C28H38FN3O2. The van der Waals surface area contributed by atoms with Crippen molar-refractivity contribution in [2.45, 2.75) is 58.9 Å². The van der Waals surface area contributed by atoms with Gasteiger partial charge in [0.05, 0.1) is 0 Å².